The van der Waals surface area contributed by atoms with Gasteiger partial charge in [0.2, 0.25) is 0 Å². The molecule has 0 amide bonds. The molecular formula is C13H19NO2. The van der Waals surface area contributed by atoms with Crippen LogP contribution in [0.4, 0.5) is 0 Å². The highest BCUT2D eigenvalue weighted by molar-refractivity contribution is 5.47. The summed E-state index contributed by atoms with van der Waals surface area (Å²) in [6, 6.07) is 3.69. The summed E-state index contributed by atoms with van der Waals surface area (Å²) in [4.78, 5) is 0. The number of nitrogens with one attached hydrogen (secondary N) is 1. The van der Waals surface area contributed by atoms with Crippen LogP contribution in [0.2, 0.25) is 0 Å². The summed E-state index contributed by atoms with van der Waals surface area (Å²) in [5.41, 5.74) is 2.29. The highest BCUT2D eigenvalue weighted by Gasteiger charge is 2.22. The van der Waals surface area contributed by atoms with Crippen LogP contribution >= 0.6 is 0 Å². The number of benzene rings is 1. The van der Waals surface area contributed by atoms with Crippen LogP contribution in [0.15, 0.2) is 12.1 Å². The van der Waals surface area contributed by atoms with Gasteiger partial charge in [-0.2, -0.15) is 0 Å². The van der Waals surface area contributed by atoms with E-state index in [2.05, 4.69) is 19.2 Å². The lowest BCUT2D eigenvalue weighted by molar-refractivity contribution is 0.388. The second kappa shape index (κ2) is 4.34. The summed E-state index contributed by atoms with van der Waals surface area (Å²) in [6.45, 7) is 5.32. The zero-order valence-electron chi connectivity index (χ0n) is 9.83. The first-order valence-electron chi connectivity index (χ1n) is 5.86. The summed E-state index contributed by atoms with van der Waals surface area (Å²) in [5.74, 6) is 0.583. The van der Waals surface area contributed by atoms with E-state index < -0.39 is 0 Å². The molecule has 0 spiro atoms. The number of aromatic hydroxyl groups is 2. The fourth-order valence-corrected chi connectivity index (χ4v) is 2.35. The van der Waals surface area contributed by atoms with E-state index in [1.165, 1.54) is 0 Å². The van der Waals surface area contributed by atoms with Crippen LogP contribution in [0.1, 0.15) is 37.4 Å². The van der Waals surface area contributed by atoms with E-state index in [1.54, 1.807) is 12.1 Å². The van der Waals surface area contributed by atoms with Crippen LogP contribution in [-0.4, -0.2) is 16.8 Å². The molecule has 1 aromatic carbocycles. The maximum Gasteiger partial charge on any atom is 0.157 e. The van der Waals surface area contributed by atoms with Crippen LogP contribution in [0, 0.1) is 5.92 Å². The van der Waals surface area contributed by atoms with Crippen molar-refractivity contribution in [3.8, 4) is 11.5 Å². The quantitative estimate of drug-likeness (QED) is 0.672. The summed E-state index contributed by atoms with van der Waals surface area (Å²) >= 11 is 0. The van der Waals surface area contributed by atoms with Crippen LogP contribution in [-0.2, 0) is 6.42 Å². The number of hydrogen-bond acceptors (Lipinski definition) is 3. The van der Waals surface area contributed by atoms with E-state index in [0.717, 1.165) is 30.5 Å². The van der Waals surface area contributed by atoms with Crippen molar-refractivity contribution >= 4 is 0 Å². The number of rotatable bonds is 2. The highest BCUT2D eigenvalue weighted by Crippen LogP contribution is 2.35. The summed E-state index contributed by atoms with van der Waals surface area (Å²) in [6.07, 6.45) is 1.97. The largest absolute Gasteiger partial charge is 0.504 e. The van der Waals surface area contributed by atoms with Gasteiger partial charge < -0.3 is 15.5 Å². The van der Waals surface area contributed by atoms with Crippen LogP contribution < -0.4 is 5.32 Å². The van der Waals surface area contributed by atoms with Gasteiger partial charge in [0.05, 0.1) is 0 Å². The Hall–Kier alpha value is -1.22. The fraction of sp³-hybridized carbons (Fsp3) is 0.538. The molecule has 0 radical (unpaired) electrons. The maximum absolute atomic E-state index is 9.55. The van der Waals surface area contributed by atoms with Crippen LogP contribution in [0.5, 0.6) is 11.5 Å². The molecule has 0 aromatic heterocycles. The van der Waals surface area contributed by atoms with E-state index in [-0.39, 0.29) is 11.5 Å². The highest BCUT2D eigenvalue weighted by atomic mass is 16.3. The number of fused-ring (bicyclic) bond motifs is 1. The van der Waals surface area contributed by atoms with Gasteiger partial charge in [-0.3, -0.25) is 0 Å². The normalized spacial score (nSPS) is 19.8. The SMILES string of the molecule is CC(C)CC1NCCc2cc(O)c(O)cc21. The standard InChI is InChI=1S/C13H19NO2/c1-8(2)5-11-10-7-13(16)12(15)6-9(10)3-4-14-11/h6-8,11,14-16H,3-5H2,1-2H3. The van der Waals surface area contributed by atoms with Crippen molar-refractivity contribution < 1.29 is 10.2 Å². The predicted molar refractivity (Wildman–Crippen MR) is 63.7 cm³/mol. The third kappa shape index (κ3) is 2.14. The average Bonchev–Trinajstić information content (AvgIpc) is 2.20. The zero-order chi connectivity index (χ0) is 11.7. The molecule has 16 heavy (non-hydrogen) atoms. The van der Waals surface area contributed by atoms with Gasteiger partial charge in [0.1, 0.15) is 0 Å². The Balaban J connectivity index is 2.34. The fourth-order valence-electron chi connectivity index (χ4n) is 2.35. The molecule has 1 unspecified atom stereocenters. The van der Waals surface area contributed by atoms with Crippen molar-refractivity contribution in [3.63, 3.8) is 0 Å². The van der Waals surface area contributed by atoms with E-state index in [9.17, 15) is 10.2 Å². The van der Waals surface area contributed by atoms with Gasteiger partial charge >= 0.3 is 0 Å². The van der Waals surface area contributed by atoms with Gasteiger partial charge in [-0.1, -0.05) is 13.8 Å². The lowest BCUT2D eigenvalue weighted by Gasteiger charge is -2.28. The lowest BCUT2D eigenvalue weighted by atomic mass is 9.89. The molecular weight excluding hydrogens is 202 g/mol. The topological polar surface area (TPSA) is 52.5 Å². The van der Waals surface area contributed by atoms with E-state index in [4.69, 9.17) is 0 Å². The van der Waals surface area contributed by atoms with Gasteiger partial charge in [0.15, 0.2) is 11.5 Å². The first-order valence-corrected chi connectivity index (χ1v) is 5.86. The second-order valence-corrected chi connectivity index (χ2v) is 4.93. The van der Waals surface area contributed by atoms with E-state index in [0.29, 0.717) is 12.0 Å². The van der Waals surface area contributed by atoms with E-state index in [1.807, 2.05) is 0 Å². The Labute approximate surface area is 96.1 Å². The molecule has 1 heterocycles. The van der Waals surface area contributed by atoms with Gasteiger partial charge in [0.25, 0.3) is 0 Å². The Bertz CT molecular complexity index is 388. The summed E-state index contributed by atoms with van der Waals surface area (Å²) in [5, 5.41) is 22.5. The number of hydrogen-bond donors (Lipinski definition) is 3. The van der Waals surface area contributed by atoms with Crippen LogP contribution in [0.3, 0.4) is 0 Å². The molecule has 3 nitrogen and oxygen atoms in total. The molecule has 88 valence electrons. The predicted octanol–water partition coefficient (Wildman–Crippen LogP) is 2.33. The zero-order valence-corrected chi connectivity index (χ0v) is 9.83. The monoisotopic (exact) mass is 221 g/mol. The third-order valence-electron chi connectivity index (χ3n) is 3.10. The minimum absolute atomic E-state index is 0.0102. The minimum Gasteiger partial charge on any atom is -0.504 e. The van der Waals surface area contributed by atoms with Crippen molar-refractivity contribution in [1.29, 1.82) is 0 Å². The minimum atomic E-state index is -0.0174. The molecule has 1 aromatic rings. The summed E-state index contributed by atoms with van der Waals surface area (Å²) < 4.78 is 0. The van der Waals surface area contributed by atoms with Gasteiger partial charge in [-0.25, -0.2) is 0 Å². The molecule has 0 saturated carbocycles. The van der Waals surface area contributed by atoms with Crippen molar-refractivity contribution in [2.75, 3.05) is 6.54 Å². The average molecular weight is 221 g/mol. The Morgan fingerprint density at radius 2 is 2.00 bits per heavy atom. The molecule has 1 aliphatic rings. The van der Waals surface area contributed by atoms with Gasteiger partial charge in [-0.15, -0.1) is 0 Å². The molecule has 2 rings (SSSR count). The van der Waals surface area contributed by atoms with Gasteiger partial charge in [0, 0.05) is 6.04 Å². The van der Waals surface area contributed by atoms with E-state index >= 15 is 0 Å². The molecule has 0 fully saturated rings. The molecule has 1 aliphatic heterocycles. The number of phenolic OH excluding ortho intramolecular Hbond substituents is 2. The molecule has 3 heteroatoms. The molecule has 0 bridgehead atoms. The maximum atomic E-state index is 9.55. The van der Waals surface area contributed by atoms with Gasteiger partial charge in [-0.05, 0) is 48.6 Å². The van der Waals surface area contributed by atoms with Crippen molar-refractivity contribution in [2.45, 2.75) is 32.7 Å². The molecule has 0 aliphatic carbocycles. The first-order chi connectivity index (χ1) is 7.58. The second-order valence-electron chi connectivity index (χ2n) is 4.93. The summed E-state index contributed by atoms with van der Waals surface area (Å²) in [7, 11) is 0. The molecule has 0 saturated heterocycles. The van der Waals surface area contributed by atoms with Crippen molar-refractivity contribution in [2.24, 2.45) is 5.92 Å². The first kappa shape index (κ1) is 11.3. The Morgan fingerprint density at radius 1 is 1.31 bits per heavy atom. The molecule has 3 N–H and O–H groups in total. The lowest BCUT2D eigenvalue weighted by Crippen LogP contribution is -2.30. The number of phenols is 2. The van der Waals surface area contributed by atoms with Crippen molar-refractivity contribution in [3.05, 3.63) is 23.3 Å². The molecule has 1 atom stereocenters. The Morgan fingerprint density at radius 3 is 2.69 bits per heavy atom. The Kier molecular flexibility index (Phi) is 3.06. The van der Waals surface area contributed by atoms with Crippen molar-refractivity contribution in [1.82, 2.24) is 5.32 Å². The van der Waals surface area contributed by atoms with Crippen LogP contribution in [0.25, 0.3) is 0 Å². The third-order valence-corrected chi connectivity index (χ3v) is 3.10. The smallest absolute Gasteiger partial charge is 0.157 e.